The molecule has 1 fully saturated rings. The van der Waals surface area contributed by atoms with E-state index in [1.54, 1.807) is 0 Å². The van der Waals surface area contributed by atoms with Gasteiger partial charge in [0.1, 0.15) is 5.54 Å². The Bertz CT molecular complexity index is 436. The van der Waals surface area contributed by atoms with Gasteiger partial charge in [0.2, 0.25) is 5.91 Å². The molecule has 2 rings (SSSR count). The second-order valence-electron chi connectivity index (χ2n) is 6.26. The van der Waals surface area contributed by atoms with Crippen molar-refractivity contribution in [1.82, 2.24) is 4.90 Å². The van der Waals surface area contributed by atoms with Crippen LogP contribution < -0.4 is 5.73 Å². The van der Waals surface area contributed by atoms with Crippen LogP contribution >= 0.6 is 0 Å². The van der Waals surface area contributed by atoms with E-state index in [0.717, 1.165) is 12.1 Å². The molecule has 1 aromatic rings. The number of hydrogen-bond donors (Lipinski definition) is 1. The first kappa shape index (κ1) is 15.0. The van der Waals surface area contributed by atoms with Crippen molar-refractivity contribution in [1.29, 1.82) is 0 Å². The minimum atomic E-state index is -0.940. The molecule has 1 aromatic carbocycles. The normalized spacial score (nSPS) is 19.4. The van der Waals surface area contributed by atoms with Crippen molar-refractivity contribution in [3.05, 3.63) is 35.9 Å². The monoisotopic (exact) mass is 274 g/mol. The maximum Gasteiger partial charge on any atom is 0.246 e. The molecule has 1 aliphatic carbocycles. The summed E-state index contributed by atoms with van der Waals surface area (Å²) < 4.78 is 0. The van der Waals surface area contributed by atoms with Crippen molar-refractivity contribution in [2.45, 2.75) is 44.6 Å². The number of carbonyl (C=O) groups excluding carboxylic acids is 1. The van der Waals surface area contributed by atoms with E-state index in [2.05, 4.69) is 0 Å². The molecule has 0 spiro atoms. The van der Waals surface area contributed by atoms with Crippen LogP contribution in [0.5, 0.6) is 0 Å². The Morgan fingerprint density at radius 2 is 1.85 bits per heavy atom. The van der Waals surface area contributed by atoms with Gasteiger partial charge in [-0.05, 0) is 31.2 Å². The summed E-state index contributed by atoms with van der Waals surface area (Å²) in [7, 11) is 1.88. The molecule has 20 heavy (non-hydrogen) atoms. The smallest absolute Gasteiger partial charge is 0.246 e. The van der Waals surface area contributed by atoms with Gasteiger partial charge in [-0.2, -0.15) is 0 Å². The first-order chi connectivity index (χ1) is 9.51. The summed E-state index contributed by atoms with van der Waals surface area (Å²) in [5, 5.41) is 0. The Morgan fingerprint density at radius 3 is 2.45 bits per heavy atom. The quantitative estimate of drug-likeness (QED) is 0.917. The van der Waals surface area contributed by atoms with Gasteiger partial charge in [0.25, 0.3) is 0 Å². The number of likely N-dealkylation sites (N-methyl/N-ethyl adjacent to an activating group) is 1. The van der Waals surface area contributed by atoms with E-state index in [-0.39, 0.29) is 5.91 Å². The van der Waals surface area contributed by atoms with Gasteiger partial charge in [0.15, 0.2) is 0 Å². The molecule has 3 nitrogen and oxygen atoms in total. The lowest BCUT2D eigenvalue weighted by molar-refractivity contribution is -0.136. The summed E-state index contributed by atoms with van der Waals surface area (Å²) >= 11 is 0. The number of amides is 1. The highest BCUT2D eigenvalue weighted by atomic mass is 16.2. The van der Waals surface area contributed by atoms with Gasteiger partial charge in [0, 0.05) is 13.6 Å². The van der Waals surface area contributed by atoms with Crippen LogP contribution in [0.2, 0.25) is 0 Å². The molecule has 1 amide bonds. The van der Waals surface area contributed by atoms with Gasteiger partial charge in [-0.3, -0.25) is 4.79 Å². The summed E-state index contributed by atoms with van der Waals surface area (Å²) in [6.07, 6.45) is 6.41. The second-order valence-corrected chi connectivity index (χ2v) is 6.26. The summed E-state index contributed by atoms with van der Waals surface area (Å²) in [5.41, 5.74) is 6.23. The van der Waals surface area contributed by atoms with Crippen LogP contribution in [0.15, 0.2) is 30.3 Å². The molecule has 1 saturated carbocycles. The van der Waals surface area contributed by atoms with Crippen LogP contribution in [0.25, 0.3) is 0 Å². The number of nitrogens with two attached hydrogens (primary N) is 1. The molecule has 0 aromatic heterocycles. The molecule has 0 saturated heterocycles. The van der Waals surface area contributed by atoms with Gasteiger partial charge in [-0.1, -0.05) is 49.6 Å². The van der Waals surface area contributed by atoms with E-state index in [1.165, 1.54) is 32.1 Å². The van der Waals surface area contributed by atoms with Crippen LogP contribution in [-0.4, -0.2) is 24.4 Å². The van der Waals surface area contributed by atoms with Crippen molar-refractivity contribution < 1.29 is 4.79 Å². The molecular formula is C17H26N2O. The summed E-state index contributed by atoms with van der Waals surface area (Å²) in [6.45, 7) is 2.64. The van der Waals surface area contributed by atoms with Gasteiger partial charge >= 0.3 is 0 Å². The zero-order valence-electron chi connectivity index (χ0n) is 12.6. The minimum absolute atomic E-state index is 0.00859. The third kappa shape index (κ3) is 3.40. The average Bonchev–Trinajstić information content (AvgIpc) is 2.48. The zero-order chi connectivity index (χ0) is 14.6. The van der Waals surface area contributed by atoms with Crippen LogP contribution in [0.1, 0.15) is 44.6 Å². The second kappa shape index (κ2) is 6.40. The summed E-state index contributed by atoms with van der Waals surface area (Å²) in [6, 6.07) is 9.64. The van der Waals surface area contributed by atoms with Crippen LogP contribution in [0.4, 0.5) is 0 Å². The van der Waals surface area contributed by atoms with E-state index in [0.29, 0.717) is 5.92 Å². The molecule has 1 atom stereocenters. The maximum absolute atomic E-state index is 12.6. The van der Waals surface area contributed by atoms with Crippen LogP contribution in [-0.2, 0) is 10.3 Å². The SMILES string of the molecule is CN(CC1CCCCC1)C(=O)C(C)(N)c1ccccc1. The number of hydrogen-bond acceptors (Lipinski definition) is 2. The number of carbonyl (C=O) groups is 1. The fourth-order valence-electron chi connectivity index (χ4n) is 3.14. The van der Waals surface area contributed by atoms with Crippen molar-refractivity contribution in [2.24, 2.45) is 11.7 Å². The van der Waals surface area contributed by atoms with Crippen molar-refractivity contribution in [3.8, 4) is 0 Å². The van der Waals surface area contributed by atoms with E-state index >= 15 is 0 Å². The van der Waals surface area contributed by atoms with E-state index in [1.807, 2.05) is 49.2 Å². The van der Waals surface area contributed by atoms with Crippen molar-refractivity contribution in [2.75, 3.05) is 13.6 Å². The lowest BCUT2D eigenvalue weighted by Gasteiger charge is -2.33. The molecular weight excluding hydrogens is 248 g/mol. The Hall–Kier alpha value is -1.35. The number of benzene rings is 1. The van der Waals surface area contributed by atoms with Gasteiger partial charge in [-0.15, -0.1) is 0 Å². The largest absolute Gasteiger partial charge is 0.344 e. The van der Waals surface area contributed by atoms with Gasteiger partial charge in [-0.25, -0.2) is 0 Å². The lowest BCUT2D eigenvalue weighted by atomic mass is 9.87. The molecule has 2 N–H and O–H groups in total. The molecule has 1 aliphatic rings. The molecule has 1 unspecified atom stereocenters. The molecule has 0 aliphatic heterocycles. The predicted octanol–water partition coefficient (Wildman–Crippen LogP) is 2.90. The molecule has 0 radical (unpaired) electrons. The Kier molecular flexibility index (Phi) is 4.81. The molecule has 0 bridgehead atoms. The minimum Gasteiger partial charge on any atom is -0.344 e. The van der Waals surface area contributed by atoms with E-state index in [9.17, 15) is 4.79 Å². The highest BCUT2D eigenvalue weighted by molar-refractivity contribution is 5.86. The van der Waals surface area contributed by atoms with Gasteiger partial charge < -0.3 is 10.6 Å². The highest BCUT2D eigenvalue weighted by Crippen LogP contribution is 2.26. The molecule has 0 heterocycles. The lowest BCUT2D eigenvalue weighted by Crippen LogP contribution is -2.50. The Morgan fingerprint density at radius 1 is 1.25 bits per heavy atom. The number of nitrogens with zero attached hydrogens (tertiary/aromatic N) is 1. The van der Waals surface area contributed by atoms with Crippen molar-refractivity contribution >= 4 is 5.91 Å². The predicted molar refractivity (Wildman–Crippen MR) is 82.2 cm³/mol. The topological polar surface area (TPSA) is 46.3 Å². The summed E-state index contributed by atoms with van der Waals surface area (Å²) in [4.78, 5) is 14.5. The third-order valence-electron chi connectivity index (χ3n) is 4.42. The van der Waals surface area contributed by atoms with Crippen molar-refractivity contribution in [3.63, 3.8) is 0 Å². The fraction of sp³-hybridized carbons (Fsp3) is 0.588. The first-order valence-electron chi connectivity index (χ1n) is 7.62. The highest BCUT2D eigenvalue weighted by Gasteiger charge is 2.33. The maximum atomic E-state index is 12.6. The van der Waals surface area contributed by atoms with Gasteiger partial charge in [0.05, 0.1) is 0 Å². The van der Waals surface area contributed by atoms with E-state index in [4.69, 9.17) is 5.73 Å². The third-order valence-corrected chi connectivity index (χ3v) is 4.42. The van der Waals surface area contributed by atoms with Crippen LogP contribution in [0.3, 0.4) is 0 Å². The first-order valence-corrected chi connectivity index (χ1v) is 7.62. The zero-order valence-corrected chi connectivity index (χ0v) is 12.6. The molecule has 3 heteroatoms. The van der Waals surface area contributed by atoms with Crippen LogP contribution in [0, 0.1) is 5.92 Å². The standard InChI is InChI=1S/C17H26N2O/c1-17(18,15-11-7-4-8-12-15)16(20)19(2)13-14-9-5-3-6-10-14/h4,7-8,11-12,14H,3,5-6,9-10,13,18H2,1-2H3. The van der Waals surface area contributed by atoms with E-state index < -0.39 is 5.54 Å². The average molecular weight is 274 g/mol. The Labute approximate surface area is 122 Å². The fourth-order valence-corrected chi connectivity index (χ4v) is 3.14. The summed E-state index contributed by atoms with van der Waals surface area (Å²) in [5.74, 6) is 0.651. The number of rotatable bonds is 4. The molecule has 110 valence electrons. The Balaban J connectivity index is 2.01.